The van der Waals surface area contributed by atoms with Gasteiger partial charge in [0.2, 0.25) is 11.8 Å². The number of carbonyl (C=O) groups is 2. The van der Waals surface area contributed by atoms with E-state index in [1.807, 2.05) is 6.92 Å². The number of hydrogen-bond acceptors (Lipinski definition) is 3. The lowest BCUT2D eigenvalue weighted by molar-refractivity contribution is -0.128. The van der Waals surface area contributed by atoms with Gasteiger partial charge in [-0.2, -0.15) is 0 Å². The van der Waals surface area contributed by atoms with Crippen molar-refractivity contribution in [1.82, 2.24) is 10.6 Å². The van der Waals surface area contributed by atoms with Gasteiger partial charge in [-0.15, -0.1) is 0 Å². The SMILES string of the molecule is CCCNC(=O)CCNC(=O)COC1CCCCC1. The van der Waals surface area contributed by atoms with Crippen LogP contribution in [0.15, 0.2) is 0 Å². The maximum Gasteiger partial charge on any atom is 0.246 e. The summed E-state index contributed by atoms with van der Waals surface area (Å²) in [4.78, 5) is 22.8. The third-order valence-corrected chi connectivity index (χ3v) is 3.25. The molecule has 1 aliphatic rings. The molecule has 0 saturated heterocycles. The van der Waals surface area contributed by atoms with Crippen molar-refractivity contribution in [3.05, 3.63) is 0 Å². The Morgan fingerprint density at radius 3 is 2.42 bits per heavy atom. The molecule has 0 aromatic carbocycles. The third-order valence-electron chi connectivity index (χ3n) is 3.25. The molecule has 0 aromatic heterocycles. The second-order valence-corrected chi connectivity index (χ2v) is 5.02. The number of ether oxygens (including phenoxy) is 1. The van der Waals surface area contributed by atoms with E-state index < -0.39 is 0 Å². The molecule has 1 fully saturated rings. The van der Waals surface area contributed by atoms with E-state index >= 15 is 0 Å². The Morgan fingerprint density at radius 1 is 1.05 bits per heavy atom. The maximum atomic E-state index is 11.5. The Morgan fingerprint density at radius 2 is 1.74 bits per heavy atom. The number of nitrogens with one attached hydrogen (secondary N) is 2. The highest BCUT2D eigenvalue weighted by Gasteiger charge is 2.15. The second-order valence-electron chi connectivity index (χ2n) is 5.02. The van der Waals surface area contributed by atoms with Crippen LogP contribution in [0.5, 0.6) is 0 Å². The summed E-state index contributed by atoms with van der Waals surface area (Å²) in [6, 6.07) is 0. The first-order valence-electron chi connectivity index (χ1n) is 7.37. The molecule has 0 spiro atoms. The summed E-state index contributed by atoms with van der Waals surface area (Å²) in [7, 11) is 0. The van der Waals surface area contributed by atoms with Gasteiger partial charge in [-0.05, 0) is 19.3 Å². The van der Waals surface area contributed by atoms with E-state index in [0.717, 1.165) is 19.3 Å². The van der Waals surface area contributed by atoms with Crippen molar-refractivity contribution in [2.45, 2.75) is 58.0 Å². The molecule has 19 heavy (non-hydrogen) atoms. The Labute approximate surface area is 115 Å². The van der Waals surface area contributed by atoms with Crippen molar-refractivity contribution in [1.29, 1.82) is 0 Å². The number of rotatable bonds is 8. The van der Waals surface area contributed by atoms with E-state index in [0.29, 0.717) is 19.5 Å². The van der Waals surface area contributed by atoms with Crippen LogP contribution in [0.2, 0.25) is 0 Å². The summed E-state index contributed by atoms with van der Waals surface area (Å²) >= 11 is 0. The van der Waals surface area contributed by atoms with Crippen molar-refractivity contribution in [3.8, 4) is 0 Å². The zero-order chi connectivity index (χ0) is 13.9. The zero-order valence-electron chi connectivity index (χ0n) is 11.9. The van der Waals surface area contributed by atoms with Crippen LogP contribution in [-0.2, 0) is 14.3 Å². The van der Waals surface area contributed by atoms with Gasteiger partial charge in [-0.3, -0.25) is 9.59 Å². The number of carbonyl (C=O) groups excluding carboxylic acids is 2. The lowest BCUT2D eigenvalue weighted by Gasteiger charge is -2.21. The molecule has 5 heteroatoms. The van der Waals surface area contributed by atoms with E-state index in [9.17, 15) is 9.59 Å². The topological polar surface area (TPSA) is 67.4 Å². The van der Waals surface area contributed by atoms with Gasteiger partial charge in [0.05, 0.1) is 6.10 Å². The van der Waals surface area contributed by atoms with Gasteiger partial charge in [-0.25, -0.2) is 0 Å². The highest BCUT2D eigenvalue weighted by Crippen LogP contribution is 2.19. The lowest BCUT2D eigenvalue weighted by atomic mass is 9.98. The molecule has 0 unspecified atom stereocenters. The predicted octanol–water partition coefficient (Wildman–Crippen LogP) is 1.37. The smallest absolute Gasteiger partial charge is 0.246 e. The molecule has 2 N–H and O–H groups in total. The van der Waals surface area contributed by atoms with Crippen LogP contribution in [-0.4, -0.2) is 37.6 Å². The summed E-state index contributed by atoms with van der Waals surface area (Å²) in [6.07, 6.45) is 7.29. The molecule has 0 bridgehead atoms. The van der Waals surface area contributed by atoms with Gasteiger partial charge in [0.15, 0.2) is 0 Å². The average Bonchev–Trinajstić information content (AvgIpc) is 2.44. The van der Waals surface area contributed by atoms with Crippen LogP contribution in [0.3, 0.4) is 0 Å². The van der Waals surface area contributed by atoms with E-state index in [2.05, 4.69) is 10.6 Å². The van der Waals surface area contributed by atoms with Crippen molar-refractivity contribution in [2.24, 2.45) is 0 Å². The summed E-state index contributed by atoms with van der Waals surface area (Å²) in [5.74, 6) is -0.149. The standard InChI is InChI=1S/C14H26N2O3/c1-2-9-15-13(17)8-10-16-14(18)11-19-12-6-4-3-5-7-12/h12H,2-11H2,1H3,(H,15,17)(H,16,18). The predicted molar refractivity (Wildman–Crippen MR) is 73.8 cm³/mol. The highest BCUT2D eigenvalue weighted by molar-refractivity contribution is 5.79. The second kappa shape index (κ2) is 9.78. The van der Waals surface area contributed by atoms with Gasteiger partial charge < -0.3 is 15.4 Å². The maximum absolute atomic E-state index is 11.5. The van der Waals surface area contributed by atoms with Crippen molar-refractivity contribution >= 4 is 11.8 Å². The molecule has 0 atom stereocenters. The quantitative estimate of drug-likeness (QED) is 0.700. The van der Waals surface area contributed by atoms with Gasteiger partial charge in [0.25, 0.3) is 0 Å². The van der Waals surface area contributed by atoms with Crippen LogP contribution in [0.1, 0.15) is 51.9 Å². The first-order valence-corrected chi connectivity index (χ1v) is 7.37. The van der Waals surface area contributed by atoms with Crippen LogP contribution >= 0.6 is 0 Å². The first kappa shape index (κ1) is 16.0. The van der Waals surface area contributed by atoms with Gasteiger partial charge >= 0.3 is 0 Å². The Bertz CT molecular complexity index is 276. The summed E-state index contributed by atoms with van der Waals surface area (Å²) in [5, 5.41) is 5.47. The van der Waals surface area contributed by atoms with Crippen LogP contribution in [0.4, 0.5) is 0 Å². The molecular weight excluding hydrogens is 244 g/mol. The zero-order valence-corrected chi connectivity index (χ0v) is 11.9. The average molecular weight is 270 g/mol. The largest absolute Gasteiger partial charge is 0.368 e. The summed E-state index contributed by atoms with van der Waals surface area (Å²) in [6.45, 7) is 3.19. The number of hydrogen-bond donors (Lipinski definition) is 2. The van der Waals surface area contributed by atoms with Crippen molar-refractivity contribution in [2.75, 3.05) is 19.7 Å². The first-order chi connectivity index (χ1) is 9.22. The molecule has 0 aliphatic heterocycles. The molecule has 110 valence electrons. The molecule has 1 aliphatic carbocycles. The lowest BCUT2D eigenvalue weighted by Crippen LogP contribution is -2.34. The Balaban J connectivity index is 1.99. The molecule has 0 radical (unpaired) electrons. The number of amides is 2. The minimum absolute atomic E-state index is 0.0182. The summed E-state index contributed by atoms with van der Waals surface area (Å²) in [5.41, 5.74) is 0. The van der Waals surface area contributed by atoms with Crippen molar-refractivity contribution < 1.29 is 14.3 Å². The summed E-state index contributed by atoms with van der Waals surface area (Å²) < 4.78 is 5.55. The molecule has 0 heterocycles. The van der Waals surface area contributed by atoms with Crippen LogP contribution in [0, 0.1) is 0 Å². The molecule has 1 saturated carbocycles. The highest BCUT2D eigenvalue weighted by atomic mass is 16.5. The van der Waals surface area contributed by atoms with E-state index in [4.69, 9.17) is 4.74 Å². The normalized spacial score (nSPS) is 16.1. The van der Waals surface area contributed by atoms with Gasteiger partial charge in [-0.1, -0.05) is 26.2 Å². The fraction of sp³-hybridized carbons (Fsp3) is 0.857. The van der Waals surface area contributed by atoms with E-state index in [1.165, 1.54) is 19.3 Å². The molecule has 2 amide bonds. The Hall–Kier alpha value is -1.10. The molecular formula is C14H26N2O3. The molecule has 5 nitrogen and oxygen atoms in total. The van der Waals surface area contributed by atoms with E-state index in [1.54, 1.807) is 0 Å². The minimum Gasteiger partial charge on any atom is -0.368 e. The minimum atomic E-state index is -0.131. The van der Waals surface area contributed by atoms with Crippen LogP contribution < -0.4 is 10.6 Å². The van der Waals surface area contributed by atoms with Crippen LogP contribution in [0.25, 0.3) is 0 Å². The van der Waals surface area contributed by atoms with Gasteiger partial charge in [0, 0.05) is 19.5 Å². The molecule has 0 aromatic rings. The third kappa shape index (κ3) is 7.82. The fourth-order valence-corrected chi connectivity index (χ4v) is 2.14. The van der Waals surface area contributed by atoms with Crippen molar-refractivity contribution in [3.63, 3.8) is 0 Å². The molecule has 1 rings (SSSR count). The monoisotopic (exact) mass is 270 g/mol. The Kier molecular flexibility index (Phi) is 8.21. The van der Waals surface area contributed by atoms with Gasteiger partial charge in [0.1, 0.15) is 6.61 Å². The van der Waals surface area contributed by atoms with E-state index in [-0.39, 0.29) is 24.5 Å². The fourth-order valence-electron chi connectivity index (χ4n) is 2.14.